The van der Waals surface area contributed by atoms with Gasteiger partial charge < -0.3 is 14.5 Å². The van der Waals surface area contributed by atoms with Crippen molar-refractivity contribution in [3.05, 3.63) is 52.9 Å². The smallest absolute Gasteiger partial charge is 0.303 e. The standard InChI is InChI=1S/C20H24N2O4/c23-18(24)12-7-13-22(14-15-8-3-1-4-9-15)20(25)19-16-10-5-2-6-11-17(16)26-21-19/h1,3-4,8-9H,2,5-7,10-14H2,(H,23,24). The Labute approximate surface area is 152 Å². The first-order chi connectivity index (χ1) is 12.6. The zero-order valence-electron chi connectivity index (χ0n) is 14.8. The lowest BCUT2D eigenvalue weighted by Gasteiger charge is -2.22. The molecule has 2 aromatic rings. The van der Waals surface area contributed by atoms with Gasteiger partial charge in [-0.15, -0.1) is 0 Å². The molecule has 6 heteroatoms. The molecule has 1 aliphatic rings. The van der Waals surface area contributed by atoms with E-state index in [0.29, 0.717) is 25.2 Å². The predicted molar refractivity (Wildman–Crippen MR) is 95.8 cm³/mol. The molecule has 0 aliphatic heterocycles. The van der Waals surface area contributed by atoms with Gasteiger partial charge in [0, 0.05) is 31.5 Å². The van der Waals surface area contributed by atoms with Gasteiger partial charge in [0.05, 0.1) is 0 Å². The molecular weight excluding hydrogens is 332 g/mol. The predicted octanol–water partition coefficient (Wildman–Crippen LogP) is 3.45. The maximum atomic E-state index is 13.1. The van der Waals surface area contributed by atoms with Crippen LogP contribution in [0.2, 0.25) is 0 Å². The fraction of sp³-hybridized carbons (Fsp3) is 0.450. The Morgan fingerprint density at radius 1 is 1.12 bits per heavy atom. The van der Waals surface area contributed by atoms with E-state index in [9.17, 15) is 9.59 Å². The Kier molecular flexibility index (Phi) is 6.04. The minimum Gasteiger partial charge on any atom is -0.481 e. The number of aromatic nitrogens is 1. The third-order valence-electron chi connectivity index (χ3n) is 4.72. The number of rotatable bonds is 7. The summed E-state index contributed by atoms with van der Waals surface area (Å²) in [7, 11) is 0. The number of aryl methyl sites for hydroxylation is 1. The van der Waals surface area contributed by atoms with E-state index in [0.717, 1.165) is 49.0 Å². The van der Waals surface area contributed by atoms with Crippen molar-refractivity contribution in [2.24, 2.45) is 0 Å². The summed E-state index contributed by atoms with van der Waals surface area (Å²) in [5, 5.41) is 13.0. The zero-order valence-corrected chi connectivity index (χ0v) is 14.8. The van der Waals surface area contributed by atoms with E-state index in [2.05, 4.69) is 5.16 Å². The van der Waals surface area contributed by atoms with Gasteiger partial charge >= 0.3 is 5.97 Å². The molecule has 0 radical (unpaired) electrons. The van der Waals surface area contributed by atoms with Gasteiger partial charge in [-0.2, -0.15) is 0 Å². The molecule has 26 heavy (non-hydrogen) atoms. The monoisotopic (exact) mass is 356 g/mol. The second-order valence-electron chi connectivity index (χ2n) is 6.70. The second kappa shape index (κ2) is 8.65. The molecule has 0 saturated carbocycles. The lowest BCUT2D eigenvalue weighted by Crippen LogP contribution is -2.32. The van der Waals surface area contributed by atoms with Crippen LogP contribution in [-0.2, 0) is 24.2 Å². The molecule has 0 saturated heterocycles. The highest BCUT2D eigenvalue weighted by atomic mass is 16.5. The highest BCUT2D eigenvalue weighted by Crippen LogP contribution is 2.25. The highest BCUT2D eigenvalue weighted by Gasteiger charge is 2.26. The summed E-state index contributed by atoms with van der Waals surface area (Å²) in [6.07, 6.45) is 5.31. The number of benzene rings is 1. The highest BCUT2D eigenvalue weighted by molar-refractivity contribution is 5.93. The molecule has 3 rings (SSSR count). The van der Waals surface area contributed by atoms with E-state index in [1.54, 1.807) is 4.90 Å². The molecule has 1 amide bonds. The minimum absolute atomic E-state index is 0.0372. The normalized spacial score (nSPS) is 13.7. The lowest BCUT2D eigenvalue weighted by atomic mass is 10.1. The number of amides is 1. The van der Waals surface area contributed by atoms with Crippen molar-refractivity contribution in [2.45, 2.75) is 51.5 Å². The number of hydrogen-bond acceptors (Lipinski definition) is 4. The first kappa shape index (κ1) is 18.2. The van der Waals surface area contributed by atoms with Crippen LogP contribution in [0.25, 0.3) is 0 Å². The van der Waals surface area contributed by atoms with Gasteiger partial charge in [0.1, 0.15) is 5.76 Å². The van der Waals surface area contributed by atoms with E-state index in [1.165, 1.54) is 0 Å². The molecular formula is C20H24N2O4. The molecule has 1 aromatic heterocycles. The largest absolute Gasteiger partial charge is 0.481 e. The van der Waals surface area contributed by atoms with Gasteiger partial charge in [-0.1, -0.05) is 41.9 Å². The van der Waals surface area contributed by atoms with Crippen LogP contribution >= 0.6 is 0 Å². The molecule has 0 bridgehead atoms. The van der Waals surface area contributed by atoms with Crippen molar-refractivity contribution in [1.82, 2.24) is 10.1 Å². The van der Waals surface area contributed by atoms with Crippen LogP contribution in [0.4, 0.5) is 0 Å². The van der Waals surface area contributed by atoms with Crippen LogP contribution in [-0.4, -0.2) is 33.6 Å². The molecule has 1 aromatic carbocycles. The topological polar surface area (TPSA) is 83.6 Å². The van der Waals surface area contributed by atoms with Crippen LogP contribution in [0.1, 0.15) is 59.5 Å². The average Bonchev–Trinajstić information content (AvgIpc) is 2.89. The van der Waals surface area contributed by atoms with Gasteiger partial charge in [0.15, 0.2) is 5.69 Å². The van der Waals surface area contributed by atoms with Gasteiger partial charge in [-0.05, 0) is 31.2 Å². The van der Waals surface area contributed by atoms with Crippen LogP contribution in [0.5, 0.6) is 0 Å². The minimum atomic E-state index is -0.854. The fourth-order valence-electron chi connectivity index (χ4n) is 3.36. The van der Waals surface area contributed by atoms with E-state index < -0.39 is 5.97 Å². The van der Waals surface area contributed by atoms with Gasteiger partial charge in [0.2, 0.25) is 0 Å². The molecule has 0 fully saturated rings. The van der Waals surface area contributed by atoms with Crippen molar-refractivity contribution >= 4 is 11.9 Å². The molecule has 6 nitrogen and oxygen atoms in total. The number of carbonyl (C=O) groups excluding carboxylic acids is 1. The quantitative estimate of drug-likeness (QED) is 0.768. The number of carboxylic acids is 1. The van der Waals surface area contributed by atoms with E-state index >= 15 is 0 Å². The van der Waals surface area contributed by atoms with Crippen molar-refractivity contribution < 1.29 is 19.2 Å². The maximum Gasteiger partial charge on any atom is 0.303 e. The summed E-state index contributed by atoms with van der Waals surface area (Å²) in [6, 6.07) is 9.70. The zero-order chi connectivity index (χ0) is 18.4. The van der Waals surface area contributed by atoms with Crippen LogP contribution in [0.15, 0.2) is 34.9 Å². The third-order valence-corrected chi connectivity index (χ3v) is 4.72. The number of hydrogen-bond donors (Lipinski definition) is 1. The SMILES string of the molecule is O=C(O)CCCN(Cc1ccccc1)C(=O)c1noc2c1CCCCC2. The average molecular weight is 356 g/mol. The number of aliphatic carboxylic acids is 1. The Morgan fingerprint density at radius 3 is 2.65 bits per heavy atom. The summed E-state index contributed by atoms with van der Waals surface area (Å²) < 4.78 is 5.44. The number of carboxylic acid groups (broad SMARTS) is 1. The molecule has 0 unspecified atom stereocenters. The first-order valence-corrected chi connectivity index (χ1v) is 9.17. The van der Waals surface area contributed by atoms with Crippen LogP contribution < -0.4 is 0 Å². The Balaban J connectivity index is 1.79. The van der Waals surface area contributed by atoms with Gasteiger partial charge in [0.25, 0.3) is 5.91 Å². The number of fused-ring (bicyclic) bond motifs is 1. The summed E-state index contributed by atoms with van der Waals surface area (Å²) in [5.41, 5.74) is 2.34. The Bertz CT molecular complexity index is 754. The summed E-state index contributed by atoms with van der Waals surface area (Å²) in [4.78, 5) is 25.6. The Hall–Kier alpha value is -2.63. The van der Waals surface area contributed by atoms with Crippen LogP contribution in [0.3, 0.4) is 0 Å². The van der Waals surface area contributed by atoms with Crippen molar-refractivity contribution in [3.8, 4) is 0 Å². The number of nitrogens with zero attached hydrogens (tertiary/aromatic N) is 2. The third kappa shape index (κ3) is 4.50. The molecule has 0 atom stereocenters. The molecule has 1 N–H and O–H groups in total. The first-order valence-electron chi connectivity index (χ1n) is 9.17. The molecule has 0 spiro atoms. The molecule has 1 aliphatic carbocycles. The van der Waals surface area contributed by atoms with E-state index in [4.69, 9.17) is 9.63 Å². The fourth-order valence-corrected chi connectivity index (χ4v) is 3.36. The van der Waals surface area contributed by atoms with Crippen molar-refractivity contribution in [3.63, 3.8) is 0 Å². The van der Waals surface area contributed by atoms with Gasteiger partial charge in [-0.25, -0.2) is 0 Å². The summed E-state index contributed by atoms with van der Waals surface area (Å²) >= 11 is 0. The molecule has 138 valence electrons. The Morgan fingerprint density at radius 2 is 1.88 bits per heavy atom. The number of carbonyl (C=O) groups is 2. The molecule has 1 heterocycles. The van der Waals surface area contributed by atoms with E-state index in [-0.39, 0.29) is 12.3 Å². The van der Waals surface area contributed by atoms with Gasteiger partial charge in [-0.3, -0.25) is 9.59 Å². The van der Waals surface area contributed by atoms with Crippen LogP contribution in [0, 0.1) is 0 Å². The second-order valence-corrected chi connectivity index (χ2v) is 6.70. The summed E-state index contributed by atoms with van der Waals surface area (Å²) in [5.74, 6) is -0.199. The summed E-state index contributed by atoms with van der Waals surface area (Å²) in [6.45, 7) is 0.808. The van der Waals surface area contributed by atoms with E-state index in [1.807, 2.05) is 30.3 Å². The van der Waals surface area contributed by atoms with Crippen molar-refractivity contribution in [1.29, 1.82) is 0 Å². The van der Waals surface area contributed by atoms with Crippen molar-refractivity contribution in [2.75, 3.05) is 6.54 Å². The maximum absolute atomic E-state index is 13.1. The lowest BCUT2D eigenvalue weighted by molar-refractivity contribution is -0.137.